The molecule has 0 saturated heterocycles. The molecule has 0 saturated carbocycles. The van der Waals surface area contributed by atoms with Crippen molar-refractivity contribution in [2.24, 2.45) is 14.1 Å². The van der Waals surface area contributed by atoms with Crippen molar-refractivity contribution in [3.05, 3.63) is 89.5 Å². The lowest BCUT2D eigenvalue weighted by molar-refractivity contribution is -0.132. The highest BCUT2D eigenvalue weighted by Gasteiger charge is 2.47. The lowest BCUT2D eigenvalue weighted by Gasteiger charge is -2.36. The van der Waals surface area contributed by atoms with E-state index in [0.717, 1.165) is 4.57 Å². The van der Waals surface area contributed by atoms with Crippen LogP contribution < -0.4 is 25.6 Å². The second-order valence-electron chi connectivity index (χ2n) is 9.00. The van der Waals surface area contributed by atoms with Crippen LogP contribution in [-0.2, 0) is 23.7 Å². The summed E-state index contributed by atoms with van der Waals surface area (Å²) < 4.78 is 13.3. The normalized spacial score (nSPS) is 15.7. The summed E-state index contributed by atoms with van der Waals surface area (Å²) in [6.07, 6.45) is 0. The van der Waals surface area contributed by atoms with Gasteiger partial charge >= 0.3 is 11.7 Å². The van der Waals surface area contributed by atoms with E-state index >= 15 is 0 Å². The third kappa shape index (κ3) is 3.49. The molecule has 0 N–H and O–H groups in total. The van der Waals surface area contributed by atoms with Gasteiger partial charge in [0, 0.05) is 50.6 Å². The van der Waals surface area contributed by atoms with E-state index in [4.69, 9.17) is 9.47 Å². The Kier molecular flexibility index (Phi) is 5.98. The molecule has 5 rings (SSSR count). The smallest absolute Gasteiger partial charge is 0.332 e. The standard InChI is InChI=1S/C27H22BrN3O7/c1-12(32)31-22-15-8-6-7-9-16(15)23(34)20(22)19(21-25(31)29(3)27(36)30(4)26(21)35)14-10-17(28)24(38-13(2)33)18(11-14)37-5/h6-11,19H,1-5H3. The molecule has 2 heterocycles. The molecule has 1 unspecified atom stereocenters. The Morgan fingerprint density at radius 2 is 1.63 bits per heavy atom. The van der Waals surface area contributed by atoms with Crippen molar-refractivity contribution >= 4 is 45.1 Å². The van der Waals surface area contributed by atoms with Gasteiger partial charge < -0.3 is 9.47 Å². The van der Waals surface area contributed by atoms with Gasteiger partial charge in [-0.2, -0.15) is 0 Å². The number of carbonyl (C=O) groups excluding carboxylic acids is 3. The number of allylic oxidation sites excluding steroid dienone is 1. The molecular weight excluding hydrogens is 558 g/mol. The molecule has 1 aliphatic carbocycles. The van der Waals surface area contributed by atoms with E-state index in [-0.39, 0.29) is 34.2 Å². The minimum atomic E-state index is -0.974. The molecule has 0 spiro atoms. The highest BCUT2D eigenvalue weighted by atomic mass is 79.9. The number of benzene rings is 2. The summed E-state index contributed by atoms with van der Waals surface area (Å²) >= 11 is 3.42. The van der Waals surface area contributed by atoms with Crippen molar-refractivity contribution < 1.29 is 23.9 Å². The molecule has 3 aromatic rings. The molecule has 2 aromatic carbocycles. The number of nitrogens with zero attached hydrogens (tertiary/aromatic N) is 3. The molecular formula is C27H22BrN3O7. The van der Waals surface area contributed by atoms with Gasteiger partial charge in [0.1, 0.15) is 5.82 Å². The number of methoxy groups -OCH3 is 1. The Bertz CT molecular complexity index is 1750. The molecule has 0 radical (unpaired) electrons. The van der Waals surface area contributed by atoms with Crippen molar-refractivity contribution in [2.75, 3.05) is 12.0 Å². The van der Waals surface area contributed by atoms with Crippen LogP contribution in [0.15, 0.2) is 56.0 Å². The van der Waals surface area contributed by atoms with Gasteiger partial charge in [0.25, 0.3) is 5.56 Å². The van der Waals surface area contributed by atoms with Crippen LogP contribution in [0.25, 0.3) is 5.70 Å². The SMILES string of the molecule is COc1cc(C2C3=C(c4ccccc4C3=O)N(C(C)=O)c3c2c(=O)n(C)c(=O)n3C)cc(Br)c1OC(C)=O. The fourth-order valence-electron chi connectivity index (χ4n) is 5.22. The second-order valence-corrected chi connectivity index (χ2v) is 9.85. The lowest BCUT2D eigenvalue weighted by atomic mass is 9.80. The molecule has 2 aliphatic rings. The number of fused-ring (bicyclic) bond motifs is 3. The zero-order valence-corrected chi connectivity index (χ0v) is 22.7. The van der Waals surface area contributed by atoms with Crippen LogP contribution in [0.3, 0.4) is 0 Å². The largest absolute Gasteiger partial charge is 0.493 e. The Morgan fingerprint density at radius 3 is 2.24 bits per heavy atom. The minimum Gasteiger partial charge on any atom is -0.493 e. The number of carbonyl (C=O) groups is 3. The number of ether oxygens (including phenoxy) is 2. The van der Waals surface area contributed by atoms with Crippen LogP contribution >= 0.6 is 15.9 Å². The lowest BCUT2D eigenvalue weighted by Crippen LogP contribution is -2.47. The van der Waals surface area contributed by atoms with Crippen molar-refractivity contribution in [1.29, 1.82) is 0 Å². The summed E-state index contributed by atoms with van der Waals surface area (Å²) in [4.78, 5) is 66.7. The van der Waals surface area contributed by atoms with Gasteiger partial charge in [-0.1, -0.05) is 24.3 Å². The Labute approximate surface area is 224 Å². The molecule has 1 aliphatic heterocycles. The predicted molar refractivity (Wildman–Crippen MR) is 142 cm³/mol. The van der Waals surface area contributed by atoms with Crippen LogP contribution in [0.2, 0.25) is 0 Å². The maximum absolute atomic E-state index is 13.9. The first-order valence-corrected chi connectivity index (χ1v) is 12.3. The number of rotatable bonds is 3. The van der Waals surface area contributed by atoms with Gasteiger partial charge in [-0.05, 0) is 33.6 Å². The van der Waals surface area contributed by atoms with Crippen molar-refractivity contribution in [2.45, 2.75) is 19.8 Å². The molecule has 1 aromatic heterocycles. The van der Waals surface area contributed by atoms with E-state index in [1.54, 1.807) is 36.4 Å². The van der Waals surface area contributed by atoms with Gasteiger partial charge in [-0.25, -0.2) is 4.79 Å². The van der Waals surface area contributed by atoms with E-state index in [0.29, 0.717) is 26.9 Å². The van der Waals surface area contributed by atoms with Gasteiger partial charge in [0.2, 0.25) is 5.91 Å². The number of aromatic nitrogens is 2. The van der Waals surface area contributed by atoms with Crippen molar-refractivity contribution in [1.82, 2.24) is 9.13 Å². The van der Waals surface area contributed by atoms with Crippen molar-refractivity contribution in [3.8, 4) is 11.5 Å². The summed E-state index contributed by atoms with van der Waals surface area (Å²) in [5, 5.41) is 0. The average Bonchev–Trinajstić information content (AvgIpc) is 3.17. The first kappa shape index (κ1) is 25.4. The third-order valence-electron chi connectivity index (χ3n) is 6.75. The Morgan fingerprint density at radius 1 is 0.974 bits per heavy atom. The number of ketones is 1. The van der Waals surface area contributed by atoms with Gasteiger partial charge in [-0.3, -0.25) is 33.2 Å². The van der Waals surface area contributed by atoms with Gasteiger partial charge in [0.15, 0.2) is 17.3 Å². The monoisotopic (exact) mass is 579 g/mol. The zero-order valence-electron chi connectivity index (χ0n) is 21.1. The maximum Gasteiger partial charge on any atom is 0.332 e. The summed E-state index contributed by atoms with van der Waals surface area (Å²) in [6.45, 7) is 2.57. The predicted octanol–water partition coefficient (Wildman–Crippen LogP) is 2.89. The number of anilines is 1. The summed E-state index contributed by atoms with van der Waals surface area (Å²) in [6, 6.07) is 10.1. The minimum absolute atomic E-state index is 0.0815. The van der Waals surface area contributed by atoms with Crippen LogP contribution in [0, 0.1) is 0 Å². The fraction of sp³-hybridized carbons (Fsp3) is 0.222. The quantitative estimate of drug-likeness (QED) is 0.346. The molecule has 10 nitrogen and oxygen atoms in total. The van der Waals surface area contributed by atoms with E-state index in [1.165, 1.54) is 44.5 Å². The number of amides is 1. The Balaban J connectivity index is 1.94. The zero-order chi connectivity index (χ0) is 27.6. The molecule has 11 heteroatoms. The topological polar surface area (TPSA) is 117 Å². The van der Waals surface area contributed by atoms with E-state index in [2.05, 4.69) is 15.9 Å². The highest BCUT2D eigenvalue weighted by Crippen LogP contribution is 2.52. The summed E-state index contributed by atoms with van der Waals surface area (Å²) in [7, 11) is 4.21. The first-order chi connectivity index (χ1) is 18.0. The molecule has 1 atom stereocenters. The number of halogens is 1. The summed E-state index contributed by atoms with van der Waals surface area (Å²) in [5.41, 5.74) is 0.715. The molecule has 38 heavy (non-hydrogen) atoms. The van der Waals surface area contributed by atoms with Gasteiger partial charge in [0.05, 0.1) is 22.8 Å². The molecule has 1 amide bonds. The number of hydrogen-bond acceptors (Lipinski definition) is 7. The maximum atomic E-state index is 13.9. The highest BCUT2D eigenvalue weighted by molar-refractivity contribution is 9.10. The molecule has 0 bridgehead atoms. The Hall–Kier alpha value is -4.25. The third-order valence-corrected chi connectivity index (χ3v) is 7.34. The number of Topliss-reactive ketones (excluding diaryl/α,β-unsaturated/α-hetero) is 1. The van der Waals surface area contributed by atoms with Crippen LogP contribution in [0.4, 0.5) is 5.82 Å². The number of esters is 1. The van der Waals surface area contributed by atoms with E-state index < -0.39 is 29.0 Å². The summed E-state index contributed by atoms with van der Waals surface area (Å²) in [5.74, 6) is -1.94. The van der Waals surface area contributed by atoms with Crippen LogP contribution in [0.1, 0.15) is 46.8 Å². The number of hydrogen-bond donors (Lipinski definition) is 0. The average molecular weight is 580 g/mol. The van der Waals surface area contributed by atoms with Crippen LogP contribution in [0.5, 0.6) is 11.5 Å². The van der Waals surface area contributed by atoms with E-state index in [9.17, 15) is 24.0 Å². The van der Waals surface area contributed by atoms with E-state index in [1.807, 2.05) is 0 Å². The molecule has 194 valence electrons. The fourth-order valence-corrected chi connectivity index (χ4v) is 5.76. The molecule has 0 fully saturated rings. The van der Waals surface area contributed by atoms with Crippen LogP contribution in [-0.4, -0.2) is 33.9 Å². The van der Waals surface area contributed by atoms with Gasteiger partial charge in [-0.15, -0.1) is 0 Å². The second kappa shape index (κ2) is 8.95. The first-order valence-electron chi connectivity index (χ1n) is 11.5. The van der Waals surface area contributed by atoms with Crippen molar-refractivity contribution in [3.63, 3.8) is 0 Å².